The molecule has 2 unspecified atom stereocenters. The van der Waals surface area contributed by atoms with Crippen LogP contribution in [0.25, 0.3) is 0 Å². The SMILES string of the molecule is CNC(=O)CN1CCC(NC2CCCCC2C)CC1. The number of rotatable bonds is 4. The topological polar surface area (TPSA) is 44.4 Å². The van der Waals surface area contributed by atoms with Crippen molar-refractivity contribution in [1.29, 1.82) is 0 Å². The Morgan fingerprint density at radius 3 is 2.47 bits per heavy atom. The van der Waals surface area contributed by atoms with Crippen molar-refractivity contribution in [2.75, 3.05) is 26.7 Å². The van der Waals surface area contributed by atoms with Crippen molar-refractivity contribution in [1.82, 2.24) is 15.5 Å². The number of likely N-dealkylation sites (N-methyl/N-ethyl adjacent to an activating group) is 1. The van der Waals surface area contributed by atoms with Gasteiger partial charge in [-0.25, -0.2) is 0 Å². The lowest BCUT2D eigenvalue weighted by Crippen LogP contribution is -2.50. The molecular weight excluding hydrogens is 238 g/mol. The number of likely N-dealkylation sites (tertiary alicyclic amines) is 1. The first-order chi connectivity index (χ1) is 9.19. The van der Waals surface area contributed by atoms with E-state index in [1.54, 1.807) is 7.05 Å². The molecule has 1 saturated carbocycles. The lowest BCUT2D eigenvalue weighted by Gasteiger charge is -2.37. The van der Waals surface area contributed by atoms with Gasteiger partial charge in [-0.2, -0.15) is 0 Å². The van der Waals surface area contributed by atoms with Crippen LogP contribution in [0.4, 0.5) is 0 Å². The van der Waals surface area contributed by atoms with E-state index in [-0.39, 0.29) is 5.91 Å². The monoisotopic (exact) mass is 267 g/mol. The van der Waals surface area contributed by atoms with E-state index in [1.165, 1.54) is 38.5 Å². The maximum atomic E-state index is 11.4. The molecule has 1 saturated heterocycles. The number of amides is 1. The maximum absolute atomic E-state index is 11.4. The fourth-order valence-corrected chi connectivity index (χ4v) is 3.41. The van der Waals surface area contributed by atoms with Gasteiger partial charge in [-0.3, -0.25) is 9.69 Å². The molecule has 0 bridgehead atoms. The number of piperidine rings is 1. The number of hydrogen-bond donors (Lipinski definition) is 2. The van der Waals surface area contributed by atoms with E-state index in [0.717, 1.165) is 25.0 Å². The van der Waals surface area contributed by atoms with Gasteiger partial charge in [0.2, 0.25) is 5.91 Å². The van der Waals surface area contributed by atoms with Crippen LogP contribution >= 0.6 is 0 Å². The zero-order valence-corrected chi connectivity index (χ0v) is 12.5. The summed E-state index contributed by atoms with van der Waals surface area (Å²) in [6.45, 7) is 5.04. The second-order valence-electron chi connectivity index (χ2n) is 6.26. The van der Waals surface area contributed by atoms with Gasteiger partial charge >= 0.3 is 0 Å². The number of nitrogens with zero attached hydrogens (tertiary/aromatic N) is 1. The summed E-state index contributed by atoms with van der Waals surface area (Å²) in [5, 5.41) is 6.57. The fourth-order valence-electron chi connectivity index (χ4n) is 3.41. The Bertz CT molecular complexity index is 287. The van der Waals surface area contributed by atoms with Gasteiger partial charge in [-0.05, 0) is 31.6 Å². The summed E-state index contributed by atoms with van der Waals surface area (Å²) in [6, 6.07) is 1.38. The predicted molar refractivity (Wildman–Crippen MR) is 78.1 cm³/mol. The first-order valence-electron chi connectivity index (χ1n) is 7.88. The predicted octanol–water partition coefficient (Wildman–Crippen LogP) is 1.37. The van der Waals surface area contributed by atoms with Crippen molar-refractivity contribution >= 4 is 5.91 Å². The molecular formula is C15H29N3O. The molecule has 2 rings (SSSR count). The smallest absolute Gasteiger partial charge is 0.233 e. The zero-order valence-electron chi connectivity index (χ0n) is 12.5. The third kappa shape index (κ3) is 4.46. The van der Waals surface area contributed by atoms with Gasteiger partial charge in [0, 0.05) is 32.2 Å². The van der Waals surface area contributed by atoms with E-state index in [9.17, 15) is 4.79 Å². The summed E-state index contributed by atoms with van der Waals surface area (Å²) in [6.07, 6.45) is 7.88. The molecule has 2 N–H and O–H groups in total. The highest BCUT2D eigenvalue weighted by atomic mass is 16.1. The van der Waals surface area contributed by atoms with Gasteiger partial charge in [0.05, 0.1) is 6.54 Å². The van der Waals surface area contributed by atoms with E-state index in [0.29, 0.717) is 12.6 Å². The second kappa shape index (κ2) is 7.25. The maximum Gasteiger partial charge on any atom is 0.233 e. The molecule has 19 heavy (non-hydrogen) atoms. The molecule has 1 amide bonds. The van der Waals surface area contributed by atoms with Crippen molar-refractivity contribution in [3.63, 3.8) is 0 Å². The van der Waals surface area contributed by atoms with E-state index >= 15 is 0 Å². The lowest BCUT2D eigenvalue weighted by atomic mass is 9.85. The van der Waals surface area contributed by atoms with Crippen LogP contribution in [0.1, 0.15) is 45.4 Å². The number of carbonyl (C=O) groups is 1. The molecule has 0 radical (unpaired) electrons. The van der Waals surface area contributed by atoms with Gasteiger partial charge < -0.3 is 10.6 Å². The molecule has 110 valence electrons. The Morgan fingerprint density at radius 2 is 1.84 bits per heavy atom. The van der Waals surface area contributed by atoms with Crippen molar-refractivity contribution < 1.29 is 4.79 Å². The highest BCUT2D eigenvalue weighted by Gasteiger charge is 2.26. The third-order valence-electron chi connectivity index (χ3n) is 4.79. The summed E-state index contributed by atoms with van der Waals surface area (Å²) in [5.74, 6) is 0.963. The summed E-state index contributed by atoms with van der Waals surface area (Å²) in [4.78, 5) is 13.6. The molecule has 0 aromatic heterocycles. The standard InChI is InChI=1S/C15H29N3O/c1-12-5-3-4-6-14(12)17-13-7-9-18(10-8-13)11-15(19)16-2/h12-14,17H,3-11H2,1-2H3,(H,16,19). The van der Waals surface area contributed by atoms with Gasteiger partial charge in [-0.15, -0.1) is 0 Å². The Morgan fingerprint density at radius 1 is 1.16 bits per heavy atom. The number of carbonyl (C=O) groups excluding carboxylic acids is 1. The normalized spacial score (nSPS) is 30.2. The second-order valence-corrected chi connectivity index (χ2v) is 6.26. The van der Waals surface area contributed by atoms with E-state index < -0.39 is 0 Å². The molecule has 2 aliphatic rings. The Labute approximate surface area is 117 Å². The minimum atomic E-state index is 0.132. The Hall–Kier alpha value is -0.610. The first-order valence-corrected chi connectivity index (χ1v) is 7.88. The minimum absolute atomic E-state index is 0.132. The summed E-state index contributed by atoms with van der Waals surface area (Å²) in [7, 11) is 1.71. The molecule has 1 aliphatic heterocycles. The van der Waals surface area contributed by atoms with Crippen LogP contribution in [-0.2, 0) is 4.79 Å². The van der Waals surface area contributed by atoms with Crippen molar-refractivity contribution in [3.05, 3.63) is 0 Å². The Kier molecular flexibility index (Phi) is 5.64. The number of nitrogens with one attached hydrogen (secondary N) is 2. The average Bonchev–Trinajstić information content (AvgIpc) is 2.43. The van der Waals surface area contributed by atoms with Crippen LogP contribution in [0.5, 0.6) is 0 Å². The summed E-state index contributed by atoms with van der Waals surface area (Å²) >= 11 is 0. The van der Waals surface area contributed by atoms with Gasteiger partial charge in [0.1, 0.15) is 0 Å². The largest absolute Gasteiger partial charge is 0.358 e. The first kappa shape index (κ1) is 14.8. The Balaban J connectivity index is 1.69. The van der Waals surface area contributed by atoms with Gasteiger partial charge in [0.25, 0.3) is 0 Å². The van der Waals surface area contributed by atoms with Gasteiger partial charge in [-0.1, -0.05) is 19.8 Å². The van der Waals surface area contributed by atoms with E-state index in [1.807, 2.05) is 0 Å². The zero-order chi connectivity index (χ0) is 13.7. The molecule has 4 heteroatoms. The van der Waals surface area contributed by atoms with Crippen LogP contribution < -0.4 is 10.6 Å². The van der Waals surface area contributed by atoms with E-state index in [4.69, 9.17) is 0 Å². The molecule has 0 aromatic carbocycles. The average molecular weight is 267 g/mol. The van der Waals surface area contributed by atoms with Crippen molar-refractivity contribution in [2.24, 2.45) is 5.92 Å². The van der Waals surface area contributed by atoms with Crippen molar-refractivity contribution in [3.8, 4) is 0 Å². The highest BCUT2D eigenvalue weighted by Crippen LogP contribution is 2.25. The molecule has 0 aromatic rings. The van der Waals surface area contributed by atoms with Crippen LogP contribution in [-0.4, -0.2) is 49.6 Å². The summed E-state index contributed by atoms with van der Waals surface area (Å²) in [5.41, 5.74) is 0. The van der Waals surface area contributed by atoms with Gasteiger partial charge in [0.15, 0.2) is 0 Å². The van der Waals surface area contributed by atoms with Crippen molar-refractivity contribution in [2.45, 2.75) is 57.5 Å². The quantitative estimate of drug-likeness (QED) is 0.808. The van der Waals surface area contributed by atoms with E-state index in [2.05, 4.69) is 22.5 Å². The molecule has 0 spiro atoms. The third-order valence-corrected chi connectivity index (χ3v) is 4.79. The minimum Gasteiger partial charge on any atom is -0.358 e. The molecule has 2 fully saturated rings. The lowest BCUT2D eigenvalue weighted by molar-refractivity contribution is -0.122. The van der Waals surface area contributed by atoms with Crippen LogP contribution in [0.2, 0.25) is 0 Å². The van der Waals surface area contributed by atoms with Crippen LogP contribution in [0, 0.1) is 5.92 Å². The number of hydrogen-bond acceptors (Lipinski definition) is 3. The summed E-state index contributed by atoms with van der Waals surface area (Å²) < 4.78 is 0. The fraction of sp³-hybridized carbons (Fsp3) is 0.933. The highest BCUT2D eigenvalue weighted by molar-refractivity contribution is 5.77. The molecule has 2 atom stereocenters. The molecule has 4 nitrogen and oxygen atoms in total. The molecule has 1 aliphatic carbocycles. The molecule has 1 heterocycles. The van der Waals surface area contributed by atoms with Crippen LogP contribution in [0.3, 0.4) is 0 Å². The van der Waals surface area contributed by atoms with Crippen LogP contribution in [0.15, 0.2) is 0 Å².